The lowest BCUT2D eigenvalue weighted by molar-refractivity contribution is 0.313. The molecule has 0 N–H and O–H groups in total. The van der Waals surface area contributed by atoms with Crippen LogP contribution in [-0.4, -0.2) is 57.9 Å². The maximum atomic E-state index is 6.74. The number of piperazine rings is 1. The van der Waals surface area contributed by atoms with E-state index in [1.165, 1.54) is 5.69 Å². The van der Waals surface area contributed by atoms with Crippen molar-refractivity contribution in [3.8, 4) is 22.6 Å². The highest BCUT2D eigenvalue weighted by Crippen LogP contribution is 2.36. The molecule has 0 spiro atoms. The number of pyridine rings is 1. The van der Waals surface area contributed by atoms with E-state index < -0.39 is 0 Å². The van der Waals surface area contributed by atoms with Gasteiger partial charge in [-0.05, 0) is 26.1 Å². The van der Waals surface area contributed by atoms with Crippen molar-refractivity contribution < 1.29 is 4.52 Å². The third-order valence-corrected chi connectivity index (χ3v) is 6.74. The fraction of sp³-hybridized carbons (Fsp3) is 0.240. The summed E-state index contributed by atoms with van der Waals surface area (Å²) < 4.78 is 7.52. The van der Waals surface area contributed by atoms with Crippen LogP contribution in [-0.2, 0) is 0 Å². The SMILES string of the molecule is Cc1onc(-c2ccccc2)c1-c1nnc2c3cc(N4CCN(C)CC4)ccc3c(Cl)cn12. The molecule has 2 aromatic carbocycles. The van der Waals surface area contributed by atoms with E-state index in [2.05, 4.69) is 50.4 Å². The minimum atomic E-state index is 0.652. The third-order valence-electron chi connectivity index (χ3n) is 6.44. The van der Waals surface area contributed by atoms with Gasteiger partial charge in [0.1, 0.15) is 11.5 Å². The molecule has 5 aromatic rings. The summed E-state index contributed by atoms with van der Waals surface area (Å²) >= 11 is 6.74. The zero-order valence-corrected chi connectivity index (χ0v) is 19.3. The number of rotatable bonds is 3. The van der Waals surface area contributed by atoms with Gasteiger partial charge in [0.15, 0.2) is 11.5 Å². The van der Waals surface area contributed by atoms with Gasteiger partial charge in [0.05, 0.1) is 10.6 Å². The van der Waals surface area contributed by atoms with Crippen LogP contribution in [0.5, 0.6) is 0 Å². The Morgan fingerprint density at radius 3 is 2.52 bits per heavy atom. The normalized spacial score (nSPS) is 15.1. The van der Waals surface area contributed by atoms with Gasteiger partial charge in [-0.25, -0.2) is 0 Å². The number of aryl methyl sites for hydroxylation is 1. The Balaban J connectivity index is 1.53. The molecule has 0 radical (unpaired) electrons. The lowest BCUT2D eigenvalue weighted by Gasteiger charge is -2.34. The molecular weight excluding hydrogens is 436 g/mol. The van der Waals surface area contributed by atoms with Crippen molar-refractivity contribution in [1.82, 2.24) is 24.7 Å². The summed E-state index contributed by atoms with van der Waals surface area (Å²) in [6.07, 6.45) is 1.88. The number of nitrogens with zero attached hydrogens (tertiary/aromatic N) is 6. The molecule has 1 aliphatic rings. The van der Waals surface area contributed by atoms with E-state index in [-0.39, 0.29) is 0 Å². The molecule has 1 aliphatic heterocycles. The largest absolute Gasteiger partial charge is 0.369 e. The van der Waals surface area contributed by atoms with Crippen LogP contribution in [0.4, 0.5) is 5.69 Å². The highest BCUT2D eigenvalue weighted by atomic mass is 35.5. The quantitative estimate of drug-likeness (QED) is 0.382. The second-order valence-corrected chi connectivity index (χ2v) is 8.95. The van der Waals surface area contributed by atoms with Gasteiger partial charge in [-0.3, -0.25) is 4.40 Å². The molecule has 7 nitrogen and oxygen atoms in total. The van der Waals surface area contributed by atoms with E-state index in [1.54, 1.807) is 0 Å². The molecule has 6 rings (SSSR count). The predicted octanol–water partition coefficient (Wildman–Crippen LogP) is 4.92. The average molecular weight is 459 g/mol. The van der Waals surface area contributed by atoms with Crippen LogP contribution in [0.2, 0.25) is 5.02 Å². The molecule has 0 saturated carbocycles. The van der Waals surface area contributed by atoms with Crippen molar-refractivity contribution in [2.45, 2.75) is 6.92 Å². The zero-order chi connectivity index (χ0) is 22.5. The van der Waals surface area contributed by atoms with Crippen molar-refractivity contribution in [3.05, 3.63) is 65.5 Å². The topological polar surface area (TPSA) is 62.7 Å². The monoisotopic (exact) mass is 458 g/mol. The van der Waals surface area contributed by atoms with E-state index in [4.69, 9.17) is 16.1 Å². The smallest absolute Gasteiger partial charge is 0.174 e. The minimum Gasteiger partial charge on any atom is -0.369 e. The molecule has 0 aliphatic carbocycles. The van der Waals surface area contributed by atoms with Gasteiger partial charge < -0.3 is 14.3 Å². The zero-order valence-electron chi connectivity index (χ0n) is 18.5. The standard InChI is InChI=1S/C25H23ClN6O/c1-16-22(23(29-33-16)17-6-4-3-5-7-17)25-28-27-24-20-14-18(31-12-10-30(2)11-13-31)8-9-19(20)21(26)15-32(24)25/h3-9,14-15H,10-13H2,1-2H3. The number of halogens is 1. The van der Waals surface area contributed by atoms with Crippen molar-refractivity contribution >= 4 is 33.7 Å². The summed E-state index contributed by atoms with van der Waals surface area (Å²) in [5.74, 6) is 1.35. The second-order valence-electron chi connectivity index (χ2n) is 8.54. The lowest BCUT2D eigenvalue weighted by Crippen LogP contribution is -2.44. The lowest BCUT2D eigenvalue weighted by atomic mass is 10.1. The molecule has 1 saturated heterocycles. The van der Waals surface area contributed by atoms with Gasteiger partial charge in [-0.15, -0.1) is 10.2 Å². The maximum absolute atomic E-state index is 6.74. The van der Waals surface area contributed by atoms with Crippen LogP contribution >= 0.6 is 11.6 Å². The predicted molar refractivity (Wildman–Crippen MR) is 131 cm³/mol. The second kappa shape index (κ2) is 7.86. The highest BCUT2D eigenvalue weighted by molar-refractivity contribution is 6.36. The summed E-state index contributed by atoms with van der Waals surface area (Å²) in [5.41, 5.74) is 4.46. The van der Waals surface area contributed by atoms with Crippen LogP contribution in [0.25, 0.3) is 39.1 Å². The van der Waals surface area contributed by atoms with E-state index in [9.17, 15) is 0 Å². The van der Waals surface area contributed by atoms with Gasteiger partial charge in [-0.1, -0.05) is 53.2 Å². The summed E-state index contributed by atoms with van der Waals surface area (Å²) in [5, 5.41) is 16.0. The van der Waals surface area contributed by atoms with E-state index in [0.29, 0.717) is 16.6 Å². The van der Waals surface area contributed by atoms with Crippen LogP contribution in [0, 0.1) is 6.92 Å². The Kier molecular flexibility index (Phi) is 4.81. The van der Waals surface area contributed by atoms with Crippen LogP contribution < -0.4 is 4.90 Å². The van der Waals surface area contributed by atoms with E-state index in [0.717, 1.165) is 59.4 Å². The number of hydrogen-bond donors (Lipinski definition) is 0. The molecule has 8 heteroatoms. The Morgan fingerprint density at radius 1 is 0.939 bits per heavy atom. The first-order valence-corrected chi connectivity index (χ1v) is 11.4. The first-order valence-electron chi connectivity index (χ1n) is 11.0. The van der Waals surface area contributed by atoms with Crippen LogP contribution in [0.15, 0.2) is 59.3 Å². The number of benzene rings is 2. The first kappa shape index (κ1) is 20.2. The van der Waals surface area contributed by atoms with Crippen LogP contribution in [0.3, 0.4) is 0 Å². The molecule has 33 heavy (non-hydrogen) atoms. The molecule has 3 aromatic heterocycles. The molecule has 166 valence electrons. The Labute approximate surface area is 196 Å². The van der Waals surface area contributed by atoms with Crippen molar-refractivity contribution in [2.75, 3.05) is 38.1 Å². The Bertz CT molecular complexity index is 1470. The fourth-order valence-electron chi connectivity index (χ4n) is 4.57. The molecular formula is C25H23ClN6O. The van der Waals surface area contributed by atoms with Gasteiger partial charge >= 0.3 is 0 Å². The number of fused-ring (bicyclic) bond motifs is 3. The molecule has 0 bridgehead atoms. The highest BCUT2D eigenvalue weighted by Gasteiger charge is 2.23. The van der Waals surface area contributed by atoms with Crippen molar-refractivity contribution in [1.29, 1.82) is 0 Å². The summed E-state index contributed by atoms with van der Waals surface area (Å²) in [7, 11) is 2.16. The van der Waals surface area contributed by atoms with Gasteiger partial charge in [0, 0.05) is 54.4 Å². The minimum absolute atomic E-state index is 0.652. The van der Waals surface area contributed by atoms with E-state index in [1.807, 2.05) is 47.9 Å². The number of anilines is 1. The van der Waals surface area contributed by atoms with Gasteiger partial charge in [-0.2, -0.15) is 0 Å². The van der Waals surface area contributed by atoms with Crippen molar-refractivity contribution in [3.63, 3.8) is 0 Å². The molecule has 1 fully saturated rings. The summed E-state index contributed by atoms with van der Waals surface area (Å²) in [6, 6.07) is 16.4. The molecule has 0 unspecified atom stereocenters. The number of likely N-dealkylation sites (N-methyl/N-ethyl adjacent to an activating group) is 1. The number of aromatic nitrogens is 4. The summed E-state index contributed by atoms with van der Waals surface area (Å²) in [4.78, 5) is 4.76. The van der Waals surface area contributed by atoms with Gasteiger partial charge in [0.25, 0.3) is 0 Å². The van der Waals surface area contributed by atoms with Gasteiger partial charge in [0.2, 0.25) is 0 Å². The Morgan fingerprint density at radius 2 is 1.73 bits per heavy atom. The van der Waals surface area contributed by atoms with Crippen LogP contribution in [0.1, 0.15) is 5.76 Å². The average Bonchev–Trinajstić information content (AvgIpc) is 3.43. The van der Waals surface area contributed by atoms with Crippen molar-refractivity contribution in [2.24, 2.45) is 0 Å². The fourth-order valence-corrected chi connectivity index (χ4v) is 4.83. The summed E-state index contributed by atoms with van der Waals surface area (Å²) in [6.45, 7) is 5.98. The molecule has 4 heterocycles. The maximum Gasteiger partial charge on any atom is 0.174 e. The van der Waals surface area contributed by atoms with E-state index >= 15 is 0 Å². The third kappa shape index (κ3) is 3.35. The molecule has 0 atom stereocenters. The number of hydrogen-bond acceptors (Lipinski definition) is 6. The molecule has 0 amide bonds. The Hall–Kier alpha value is -3.42. The first-order chi connectivity index (χ1) is 16.1.